The van der Waals surface area contributed by atoms with Crippen molar-refractivity contribution in [1.82, 2.24) is 15.6 Å². The second-order valence-electron chi connectivity index (χ2n) is 7.87. The van der Waals surface area contributed by atoms with Crippen LogP contribution in [0.15, 0.2) is 27.6 Å². The van der Waals surface area contributed by atoms with E-state index in [2.05, 4.69) is 32.7 Å². The van der Waals surface area contributed by atoms with E-state index in [1.54, 1.807) is 7.05 Å². The molecule has 2 aliphatic rings. The highest BCUT2D eigenvalue weighted by atomic mass is 16.6. The fourth-order valence-corrected chi connectivity index (χ4v) is 4.24. The molecule has 0 unspecified atom stereocenters. The van der Waals surface area contributed by atoms with Crippen LogP contribution in [0.25, 0.3) is 0 Å². The number of benzene rings is 1. The van der Waals surface area contributed by atoms with Crippen molar-refractivity contribution in [3.8, 4) is 11.5 Å². The zero-order valence-corrected chi connectivity index (χ0v) is 17.5. The summed E-state index contributed by atoms with van der Waals surface area (Å²) in [7, 11) is 1.78. The van der Waals surface area contributed by atoms with Crippen LogP contribution in [-0.2, 0) is 12.0 Å². The molecule has 0 saturated heterocycles. The molecule has 4 rings (SSSR count). The number of fused-ring (bicyclic) bond motifs is 1. The molecule has 1 aromatic carbocycles. The molecule has 29 heavy (non-hydrogen) atoms. The number of nitrogens with zero attached hydrogens (tertiary/aromatic N) is 2. The third-order valence-corrected chi connectivity index (χ3v) is 6.01. The van der Waals surface area contributed by atoms with Crippen molar-refractivity contribution < 1.29 is 13.9 Å². The van der Waals surface area contributed by atoms with E-state index in [1.165, 1.54) is 18.4 Å². The fraction of sp³-hybridized carbons (Fsp3) is 0.545. The van der Waals surface area contributed by atoms with Gasteiger partial charge >= 0.3 is 0 Å². The molecular formula is C22H30N4O3. The van der Waals surface area contributed by atoms with Crippen LogP contribution in [0.2, 0.25) is 0 Å². The van der Waals surface area contributed by atoms with Gasteiger partial charge < -0.3 is 24.5 Å². The maximum absolute atomic E-state index is 5.82. The second-order valence-corrected chi connectivity index (χ2v) is 7.87. The lowest BCUT2D eigenvalue weighted by molar-refractivity contribution is 0.171. The summed E-state index contributed by atoms with van der Waals surface area (Å²) in [6.45, 7) is 6.42. The van der Waals surface area contributed by atoms with Crippen molar-refractivity contribution in [3.05, 3.63) is 41.1 Å². The maximum atomic E-state index is 5.82. The number of aromatic nitrogens is 1. The first kappa shape index (κ1) is 19.6. The highest BCUT2D eigenvalue weighted by molar-refractivity contribution is 5.79. The molecule has 1 fully saturated rings. The van der Waals surface area contributed by atoms with Crippen LogP contribution in [0, 0.1) is 13.8 Å². The second kappa shape index (κ2) is 8.35. The molecular weight excluding hydrogens is 368 g/mol. The van der Waals surface area contributed by atoms with E-state index in [1.807, 2.05) is 19.9 Å². The Morgan fingerprint density at radius 3 is 2.55 bits per heavy atom. The van der Waals surface area contributed by atoms with Crippen LogP contribution in [0.1, 0.15) is 48.6 Å². The van der Waals surface area contributed by atoms with Crippen LogP contribution >= 0.6 is 0 Å². The number of nitrogens with one attached hydrogen (secondary N) is 2. The van der Waals surface area contributed by atoms with Gasteiger partial charge in [-0.05, 0) is 44.4 Å². The Morgan fingerprint density at radius 2 is 1.86 bits per heavy atom. The molecule has 1 saturated carbocycles. The summed E-state index contributed by atoms with van der Waals surface area (Å²) < 4.78 is 17.2. The number of guanidine groups is 1. The maximum Gasteiger partial charge on any atom is 0.214 e. The van der Waals surface area contributed by atoms with Gasteiger partial charge in [-0.2, -0.15) is 0 Å². The van der Waals surface area contributed by atoms with Crippen molar-refractivity contribution in [2.75, 3.05) is 26.8 Å². The lowest BCUT2D eigenvalue weighted by Crippen LogP contribution is -2.44. The molecule has 0 spiro atoms. The topological polar surface area (TPSA) is 80.9 Å². The Balaban J connectivity index is 1.43. The Morgan fingerprint density at radius 1 is 1.10 bits per heavy atom. The first-order valence-corrected chi connectivity index (χ1v) is 10.4. The van der Waals surface area contributed by atoms with E-state index in [0.29, 0.717) is 25.6 Å². The van der Waals surface area contributed by atoms with Crippen molar-refractivity contribution in [2.45, 2.75) is 51.5 Å². The molecule has 156 valence electrons. The molecule has 0 radical (unpaired) electrons. The minimum atomic E-state index is 0.0730. The van der Waals surface area contributed by atoms with E-state index >= 15 is 0 Å². The smallest absolute Gasteiger partial charge is 0.214 e. The SMILES string of the molecule is CN=C(NCc1nc(C)c(C)o1)NCC1(c2ccc3c(c2)OCCO3)CCCC1. The van der Waals surface area contributed by atoms with E-state index in [4.69, 9.17) is 13.9 Å². The van der Waals surface area contributed by atoms with Gasteiger partial charge in [0.05, 0.1) is 12.2 Å². The predicted molar refractivity (Wildman–Crippen MR) is 112 cm³/mol. The first-order valence-electron chi connectivity index (χ1n) is 10.4. The molecule has 0 bridgehead atoms. The summed E-state index contributed by atoms with van der Waals surface area (Å²) in [6, 6.07) is 6.40. The average Bonchev–Trinajstić information content (AvgIpc) is 3.35. The minimum absolute atomic E-state index is 0.0730. The van der Waals surface area contributed by atoms with Gasteiger partial charge in [0.25, 0.3) is 0 Å². The Hall–Kier alpha value is -2.70. The van der Waals surface area contributed by atoms with Gasteiger partial charge in [-0.25, -0.2) is 4.98 Å². The van der Waals surface area contributed by atoms with Crippen molar-refractivity contribution in [2.24, 2.45) is 4.99 Å². The lowest BCUT2D eigenvalue weighted by atomic mass is 9.78. The molecule has 0 atom stereocenters. The number of aliphatic imine (C=N–C) groups is 1. The highest BCUT2D eigenvalue weighted by Gasteiger charge is 2.36. The predicted octanol–water partition coefficient (Wildman–Crippen LogP) is 3.24. The minimum Gasteiger partial charge on any atom is -0.486 e. The molecule has 1 aliphatic carbocycles. The van der Waals surface area contributed by atoms with Crippen molar-refractivity contribution >= 4 is 5.96 Å². The van der Waals surface area contributed by atoms with Gasteiger partial charge in [-0.15, -0.1) is 0 Å². The summed E-state index contributed by atoms with van der Waals surface area (Å²) in [4.78, 5) is 8.79. The van der Waals surface area contributed by atoms with Crippen LogP contribution in [0.4, 0.5) is 0 Å². The standard InChI is InChI=1S/C22H30N4O3/c1-15-16(2)29-20(26-15)13-24-21(23-3)25-14-22(8-4-5-9-22)17-6-7-18-19(12-17)28-11-10-27-18/h6-7,12H,4-5,8-11,13-14H2,1-3H3,(H2,23,24,25). The normalized spacial score (nSPS) is 18.0. The Bertz CT molecular complexity index is 865. The monoisotopic (exact) mass is 398 g/mol. The number of ether oxygens (including phenoxy) is 2. The summed E-state index contributed by atoms with van der Waals surface area (Å²) in [5.41, 5.74) is 2.30. The van der Waals surface area contributed by atoms with E-state index in [0.717, 1.165) is 48.3 Å². The average molecular weight is 399 g/mol. The van der Waals surface area contributed by atoms with Gasteiger partial charge in [-0.3, -0.25) is 4.99 Å². The van der Waals surface area contributed by atoms with E-state index < -0.39 is 0 Å². The van der Waals surface area contributed by atoms with E-state index in [9.17, 15) is 0 Å². The molecule has 2 aromatic rings. The quantitative estimate of drug-likeness (QED) is 0.594. The molecule has 1 aromatic heterocycles. The summed E-state index contributed by atoms with van der Waals surface area (Å²) >= 11 is 0. The molecule has 2 heterocycles. The molecule has 1 aliphatic heterocycles. The Kier molecular flexibility index (Phi) is 5.65. The van der Waals surface area contributed by atoms with Crippen molar-refractivity contribution in [3.63, 3.8) is 0 Å². The van der Waals surface area contributed by atoms with Crippen LogP contribution < -0.4 is 20.1 Å². The zero-order valence-electron chi connectivity index (χ0n) is 17.5. The van der Waals surface area contributed by atoms with Gasteiger partial charge in [0.2, 0.25) is 5.89 Å². The third kappa shape index (κ3) is 4.18. The van der Waals surface area contributed by atoms with Crippen LogP contribution in [0.3, 0.4) is 0 Å². The Labute approximate surface area is 171 Å². The van der Waals surface area contributed by atoms with Gasteiger partial charge in [0.15, 0.2) is 17.5 Å². The van der Waals surface area contributed by atoms with Gasteiger partial charge in [-0.1, -0.05) is 18.9 Å². The highest BCUT2D eigenvalue weighted by Crippen LogP contribution is 2.43. The number of oxazole rings is 1. The summed E-state index contributed by atoms with van der Waals surface area (Å²) in [5.74, 6) is 3.98. The number of aryl methyl sites for hydroxylation is 2. The summed E-state index contributed by atoms with van der Waals surface area (Å²) in [6.07, 6.45) is 4.76. The molecule has 2 N–H and O–H groups in total. The number of rotatable bonds is 5. The lowest BCUT2D eigenvalue weighted by Gasteiger charge is -2.32. The number of hydrogen-bond donors (Lipinski definition) is 2. The first-order chi connectivity index (χ1) is 14.1. The number of hydrogen-bond acceptors (Lipinski definition) is 5. The van der Waals surface area contributed by atoms with Gasteiger partial charge in [0, 0.05) is 19.0 Å². The largest absolute Gasteiger partial charge is 0.486 e. The fourth-order valence-electron chi connectivity index (χ4n) is 4.24. The third-order valence-electron chi connectivity index (χ3n) is 6.01. The van der Waals surface area contributed by atoms with Crippen LogP contribution in [0.5, 0.6) is 11.5 Å². The van der Waals surface area contributed by atoms with E-state index in [-0.39, 0.29) is 5.41 Å². The molecule has 7 nitrogen and oxygen atoms in total. The van der Waals surface area contributed by atoms with Gasteiger partial charge in [0.1, 0.15) is 19.0 Å². The molecule has 7 heteroatoms. The van der Waals surface area contributed by atoms with Crippen molar-refractivity contribution in [1.29, 1.82) is 0 Å². The zero-order chi connectivity index (χ0) is 20.3. The summed E-state index contributed by atoms with van der Waals surface area (Å²) in [5, 5.41) is 6.83. The van der Waals surface area contributed by atoms with Crippen LogP contribution in [-0.4, -0.2) is 37.7 Å². The molecule has 0 amide bonds.